The number of carbonyl (C=O) groups is 2. The van der Waals surface area contributed by atoms with E-state index in [4.69, 9.17) is 16.6 Å². The number of ketones is 1. The van der Waals surface area contributed by atoms with Gasteiger partial charge in [-0.15, -0.1) is 0 Å². The Morgan fingerprint density at radius 1 is 1.20 bits per heavy atom. The molecule has 0 aliphatic rings. The third-order valence-electron chi connectivity index (χ3n) is 1.94. The number of carbonyl (C=O) groups excluding carboxylic acids is 1. The van der Waals surface area contributed by atoms with Gasteiger partial charge in [0, 0.05) is 18.0 Å². The summed E-state index contributed by atoms with van der Waals surface area (Å²) in [6, 6.07) is 0.267. The molecule has 6 heteroatoms. The number of aliphatic carboxylic acids is 1. The minimum atomic E-state index is -1.40. The van der Waals surface area contributed by atoms with E-state index in [0.29, 0.717) is 5.56 Å². The lowest BCUT2D eigenvalue weighted by Gasteiger charge is -2.14. The van der Waals surface area contributed by atoms with Crippen molar-refractivity contribution in [1.82, 2.24) is 4.98 Å². The molecular weight excluding hydrogens is 198 g/mol. The summed E-state index contributed by atoms with van der Waals surface area (Å²) < 4.78 is 0. The number of nitrogens with two attached hydrogens (primary N) is 2. The van der Waals surface area contributed by atoms with Gasteiger partial charge in [0.25, 0.3) is 0 Å². The first-order chi connectivity index (χ1) is 7.04. The van der Waals surface area contributed by atoms with Crippen molar-refractivity contribution in [3.8, 4) is 0 Å². The molecule has 0 aromatic carbocycles. The molecule has 5 N–H and O–H groups in total. The van der Waals surface area contributed by atoms with Crippen LogP contribution in [0.3, 0.4) is 0 Å². The zero-order valence-corrected chi connectivity index (χ0v) is 7.83. The van der Waals surface area contributed by atoms with E-state index in [2.05, 4.69) is 4.98 Å². The van der Waals surface area contributed by atoms with Gasteiger partial charge in [-0.2, -0.15) is 0 Å². The highest BCUT2D eigenvalue weighted by Crippen LogP contribution is 2.02. The first kappa shape index (κ1) is 11.3. The Hall–Kier alpha value is -1.79. The molecule has 0 spiro atoms. The Morgan fingerprint density at radius 2 is 1.73 bits per heavy atom. The van der Waals surface area contributed by atoms with Gasteiger partial charge in [0.05, 0.1) is 6.04 Å². The van der Waals surface area contributed by atoms with Gasteiger partial charge in [-0.1, -0.05) is 0 Å². The summed E-state index contributed by atoms with van der Waals surface area (Å²) in [5.41, 5.74) is 11.0. The van der Waals surface area contributed by atoms with Gasteiger partial charge >= 0.3 is 5.97 Å². The van der Waals surface area contributed by atoms with Crippen LogP contribution >= 0.6 is 0 Å². The maximum absolute atomic E-state index is 11.6. The van der Waals surface area contributed by atoms with Crippen molar-refractivity contribution in [1.29, 1.82) is 0 Å². The molecule has 0 fully saturated rings. The van der Waals surface area contributed by atoms with Crippen molar-refractivity contribution in [2.45, 2.75) is 12.1 Å². The third-order valence-corrected chi connectivity index (χ3v) is 1.94. The minimum Gasteiger partial charge on any atom is -0.480 e. The highest BCUT2D eigenvalue weighted by molar-refractivity contribution is 6.02. The van der Waals surface area contributed by atoms with Crippen LogP contribution in [0.25, 0.3) is 0 Å². The van der Waals surface area contributed by atoms with Crippen LogP contribution < -0.4 is 11.5 Å². The number of hydrogen-bond donors (Lipinski definition) is 3. The quantitative estimate of drug-likeness (QED) is 0.547. The van der Waals surface area contributed by atoms with Crippen LogP contribution in [0.4, 0.5) is 0 Å². The Labute approximate surface area is 85.9 Å². The van der Waals surface area contributed by atoms with Gasteiger partial charge in [-0.3, -0.25) is 14.6 Å². The van der Waals surface area contributed by atoms with E-state index >= 15 is 0 Å². The average Bonchev–Trinajstić information content (AvgIpc) is 2.27. The molecular formula is C9H11N3O3. The summed E-state index contributed by atoms with van der Waals surface area (Å²) in [6.07, 6.45) is 2.85. The molecule has 0 amide bonds. The second-order valence-corrected chi connectivity index (χ2v) is 2.99. The van der Waals surface area contributed by atoms with Crippen molar-refractivity contribution in [3.63, 3.8) is 0 Å². The highest BCUT2D eigenvalue weighted by atomic mass is 16.4. The zero-order chi connectivity index (χ0) is 11.4. The van der Waals surface area contributed by atoms with Gasteiger partial charge in [0.15, 0.2) is 5.78 Å². The molecule has 0 aliphatic heterocycles. The molecule has 2 atom stereocenters. The molecule has 1 aromatic rings. The van der Waals surface area contributed by atoms with Gasteiger partial charge in [0.2, 0.25) is 0 Å². The molecule has 0 radical (unpaired) electrons. The highest BCUT2D eigenvalue weighted by Gasteiger charge is 2.27. The maximum Gasteiger partial charge on any atom is 0.322 e. The van der Waals surface area contributed by atoms with Gasteiger partial charge in [0.1, 0.15) is 6.04 Å². The number of Topliss-reactive ketones (excluding diaryl/α,β-unsaturated/α-hetero) is 1. The van der Waals surface area contributed by atoms with Crippen molar-refractivity contribution < 1.29 is 14.7 Å². The molecule has 1 unspecified atom stereocenters. The van der Waals surface area contributed by atoms with Gasteiger partial charge in [-0.25, -0.2) is 0 Å². The third kappa shape index (κ3) is 2.58. The van der Waals surface area contributed by atoms with Crippen molar-refractivity contribution in [3.05, 3.63) is 30.1 Å². The summed E-state index contributed by atoms with van der Waals surface area (Å²) in [5, 5.41) is 8.58. The first-order valence-electron chi connectivity index (χ1n) is 4.22. The molecule has 15 heavy (non-hydrogen) atoms. The molecule has 0 aliphatic carbocycles. The zero-order valence-electron chi connectivity index (χ0n) is 7.83. The number of rotatable bonds is 4. The van der Waals surface area contributed by atoms with Crippen LogP contribution in [0.15, 0.2) is 24.5 Å². The SMILES string of the molecule is NC(C(=O)O)[C@H](N)C(=O)c1ccncc1. The average molecular weight is 209 g/mol. The van der Waals surface area contributed by atoms with Crippen LogP contribution in [0, 0.1) is 0 Å². The van der Waals surface area contributed by atoms with Crippen LogP contribution in [-0.4, -0.2) is 33.9 Å². The minimum absolute atomic E-state index is 0.300. The van der Waals surface area contributed by atoms with Gasteiger partial charge < -0.3 is 16.6 Å². The second-order valence-electron chi connectivity index (χ2n) is 2.99. The summed E-state index contributed by atoms with van der Waals surface area (Å²) in [5.74, 6) is -1.81. The lowest BCUT2D eigenvalue weighted by Crippen LogP contribution is -2.51. The maximum atomic E-state index is 11.6. The molecule has 80 valence electrons. The predicted octanol–water partition coefficient (Wildman–Crippen LogP) is -0.996. The topological polar surface area (TPSA) is 119 Å². The largest absolute Gasteiger partial charge is 0.480 e. The number of pyridine rings is 1. The van der Waals surface area contributed by atoms with Crippen molar-refractivity contribution >= 4 is 11.8 Å². The Bertz CT molecular complexity index is 366. The predicted molar refractivity (Wildman–Crippen MR) is 52.2 cm³/mol. The first-order valence-corrected chi connectivity index (χ1v) is 4.22. The number of hydrogen-bond acceptors (Lipinski definition) is 5. The van der Waals surface area contributed by atoms with Crippen LogP contribution in [-0.2, 0) is 4.79 Å². The van der Waals surface area contributed by atoms with E-state index in [1.54, 1.807) is 0 Å². The van der Waals surface area contributed by atoms with E-state index in [1.165, 1.54) is 24.5 Å². The monoisotopic (exact) mass is 209 g/mol. The lowest BCUT2D eigenvalue weighted by atomic mass is 10.0. The van der Waals surface area contributed by atoms with E-state index in [1.807, 2.05) is 0 Å². The smallest absolute Gasteiger partial charge is 0.322 e. The summed E-state index contributed by atoms with van der Waals surface area (Å²) >= 11 is 0. The number of carboxylic acid groups (broad SMARTS) is 1. The van der Waals surface area contributed by atoms with Crippen LogP contribution in [0.5, 0.6) is 0 Å². The summed E-state index contributed by atoms with van der Waals surface area (Å²) in [4.78, 5) is 25.8. The van der Waals surface area contributed by atoms with E-state index in [9.17, 15) is 9.59 Å². The van der Waals surface area contributed by atoms with E-state index < -0.39 is 23.8 Å². The molecule has 1 rings (SSSR count). The molecule has 0 saturated carbocycles. The summed E-state index contributed by atoms with van der Waals surface area (Å²) in [6.45, 7) is 0. The Balaban J connectivity index is 2.82. The Morgan fingerprint density at radius 3 is 2.20 bits per heavy atom. The lowest BCUT2D eigenvalue weighted by molar-refractivity contribution is -0.138. The van der Waals surface area contributed by atoms with Crippen LogP contribution in [0.2, 0.25) is 0 Å². The number of carboxylic acids is 1. The fourth-order valence-corrected chi connectivity index (χ4v) is 1.03. The summed E-state index contributed by atoms with van der Waals surface area (Å²) in [7, 11) is 0. The molecule has 6 nitrogen and oxygen atoms in total. The molecule has 1 heterocycles. The standard InChI is InChI=1S/C9H11N3O3/c10-6(7(11)9(14)15)8(13)5-1-3-12-4-2-5/h1-4,6-7H,10-11H2,(H,14,15)/t6-,7?/m0/s1. The fourth-order valence-electron chi connectivity index (χ4n) is 1.03. The number of nitrogens with zero attached hydrogens (tertiary/aromatic N) is 1. The normalized spacial score (nSPS) is 14.3. The van der Waals surface area contributed by atoms with Crippen molar-refractivity contribution in [2.75, 3.05) is 0 Å². The molecule has 0 saturated heterocycles. The van der Waals surface area contributed by atoms with Crippen LogP contribution in [0.1, 0.15) is 10.4 Å². The van der Waals surface area contributed by atoms with E-state index in [0.717, 1.165) is 0 Å². The van der Waals surface area contributed by atoms with E-state index in [-0.39, 0.29) is 0 Å². The molecule has 1 aromatic heterocycles. The van der Waals surface area contributed by atoms with Crippen molar-refractivity contribution in [2.24, 2.45) is 11.5 Å². The number of aromatic nitrogens is 1. The Kier molecular flexibility index (Phi) is 3.48. The fraction of sp³-hybridized carbons (Fsp3) is 0.222. The van der Waals surface area contributed by atoms with Gasteiger partial charge in [-0.05, 0) is 12.1 Å². The molecule has 0 bridgehead atoms. The second kappa shape index (κ2) is 4.63.